The summed E-state index contributed by atoms with van der Waals surface area (Å²) in [5.74, 6) is -0.996. The molecule has 1 aromatic heterocycles. The molecule has 0 saturated heterocycles. The van der Waals surface area contributed by atoms with Gasteiger partial charge in [-0.2, -0.15) is 0 Å². The third kappa shape index (κ3) is 2.51. The molecule has 1 heterocycles. The molecule has 0 aliphatic carbocycles. The van der Waals surface area contributed by atoms with Crippen molar-refractivity contribution >= 4 is 5.97 Å². The van der Waals surface area contributed by atoms with Gasteiger partial charge in [-0.05, 0) is 12.1 Å². The Labute approximate surface area is 81.5 Å². The molecule has 0 radical (unpaired) electrons. The largest absolute Gasteiger partial charge is 0.478 e. The molecule has 0 bridgehead atoms. The minimum Gasteiger partial charge on any atom is -0.478 e. The van der Waals surface area contributed by atoms with Crippen LogP contribution in [0.4, 0.5) is 0 Å². The van der Waals surface area contributed by atoms with E-state index < -0.39 is 5.97 Å². The van der Waals surface area contributed by atoms with E-state index in [4.69, 9.17) is 15.6 Å². The number of hydrogen-bond acceptors (Lipinski definition) is 4. The molecule has 5 heteroatoms. The molecule has 0 spiro atoms. The molecule has 0 aliphatic heterocycles. The van der Waals surface area contributed by atoms with Gasteiger partial charge in [-0.3, -0.25) is 4.98 Å². The van der Waals surface area contributed by atoms with E-state index >= 15 is 0 Å². The van der Waals surface area contributed by atoms with Gasteiger partial charge in [0, 0.05) is 13.3 Å². The van der Waals surface area contributed by atoms with Crippen LogP contribution in [0.1, 0.15) is 22.1 Å². The summed E-state index contributed by atoms with van der Waals surface area (Å²) in [6.07, 6.45) is 1.28. The van der Waals surface area contributed by atoms with Crippen LogP contribution in [-0.4, -0.2) is 29.8 Å². The Balaban J connectivity index is 2.77. The monoisotopic (exact) mass is 196 g/mol. The van der Waals surface area contributed by atoms with Crippen LogP contribution in [0.2, 0.25) is 0 Å². The van der Waals surface area contributed by atoms with Crippen LogP contribution in [0.3, 0.4) is 0 Å². The van der Waals surface area contributed by atoms with E-state index in [1.807, 2.05) is 0 Å². The molecular formula is C9H12N2O3. The molecular weight excluding hydrogens is 184 g/mol. The van der Waals surface area contributed by atoms with Crippen molar-refractivity contribution in [3.63, 3.8) is 0 Å². The maximum absolute atomic E-state index is 10.5. The second kappa shape index (κ2) is 4.69. The van der Waals surface area contributed by atoms with Crippen LogP contribution in [0.15, 0.2) is 18.3 Å². The Morgan fingerprint density at radius 3 is 2.86 bits per heavy atom. The molecule has 1 aromatic rings. The van der Waals surface area contributed by atoms with E-state index in [2.05, 4.69) is 4.98 Å². The van der Waals surface area contributed by atoms with Crippen LogP contribution in [0.25, 0.3) is 0 Å². The Morgan fingerprint density at radius 2 is 2.43 bits per heavy atom. The van der Waals surface area contributed by atoms with Gasteiger partial charge in [-0.1, -0.05) is 0 Å². The smallest absolute Gasteiger partial charge is 0.337 e. The second-order valence-electron chi connectivity index (χ2n) is 2.84. The third-order valence-electron chi connectivity index (χ3n) is 1.76. The van der Waals surface area contributed by atoms with Gasteiger partial charge in [0.05, 0.1) is 23.9 Å². The SMILES string of the molecule is COCC(N)c1ccc(C(=O)O)cn1. The highest BCUT2D eigenvalue weighted by Crippen LogP contribution is 2.08. The highest BCUT2D eigenvalue weighted by atomic mass is 16.5. The minimum absolute atomic E-state index is 0.151. The highest BCUT2D eigenvalue weighted by molar-refractivity contribution is 5.87. The van der Waals surface area contributed by atoms with Crippen molar-refractivity contribution in [1.29, 1.82) is 0 Å². The fraction of sp³-hybridized carbons (Fsp3) is 0.333. The number of hydrogen-bond donors (Lipinski definition) is 2. The average Bonchev–Trinajstić information content (AvgIpc) is 2.18. The summed E-state index contributed by atoms with van der Waals surface area (Å²) in [7, 11) is 1.55. The first-order chi connectivity index (χ1) is 6.65. The van der Waals surface area contributed by atoms with E-state index in [0.29, 0.717) is 12.3 Å². The maximum atomic E-state index is 10.5. The second-order valence-corrected chi connectivity index (χ2v) is 2.84. The Hall–Kier alpha value is -1.46. The standard InChI is InChI=1S/C9H12N2O3/c1-14-5-7(10)8-3-2-6(4-11-8)9(12)13/h2-4,7H,5,10H2,1H3,(H,12,13). The fourth-order valence-corrected chi connectivity index (χ4v) is 1.02. The van der Waals surface area contributed by atoms with E-state index in [1.54, 1.807) is 13.2 Å². The first-order valence-electron chi connectivity index (χ1n) is 4.09. The Morgan fingerprint density at radius 1 is 1.71 bits per heavy atom. The number of rotatable bonds is 4. The van der Waals surface area contributed by atoms with Crippen molar-refractivity contribution in [2.45, 2.75) is 6.04 Å². The number of carboxylic acids is 1. The molecule has 1 rings (SSSR count). The number of carboxylic acid groups (broad SMARTS) is 1. The molecule has 76 valence electrons. The summed E-state index contributed by atoms with van der Waals surface area (Å²) in [5, 5.41) is 8.62. The van der Waals surface area contributed by atoms with Gasteiger partial charge in [0.1, 0.15) is 0 Å². The minimum atomic E-state index is -0.996. The fourth-order valence-electron chi connectivity index (χ4n) is 1.02. The van der Waals surface area contributed by atoms with Crippen LogP contribution in [0.5, 0.6) is 0 Å². The number of ether oxygens (including phenoxy) is 1. The topological polar surface area (TPSA) is 85.4 Å². The summed E-state index contributed by atoms with van der Waals surface area (Å²) in [6, 6.07) is 2.75. The first kappa shape index (κ1) is 10.6. The molecule has 0 fully saturated rings. The summed E-state index contributed by atoms with van der Waals surface area (Å²) in [6.45, 7) is 0.361. The van der Waals surface area contributed by atoms with Crippen LogP contribution < -0.4 is 5.73 Å². The Bertz CT molecular complexity index is 310. The molecule has 14 heavy (non-hydrogen) atoms. The number of carbonyl (C=O) groups is 1. The van der Waals surface area contributed by atoms with Gasteiger partial charge in [0.2, 0.25) is 0 Å². The average molecular weight is 196 g/mol. The van der Waals surface area contributed by atoms with Crippen molar-refractivity contribution < 1.29 is 14.6 Å². The number of pyridine rings is 1. The number of aromatic nitrogens is 1. The Kier molecular flexibility index (Phi) is 3.55. The number of nitrogens with zero attached hydrogens (tertiary/aromatic N) is 1. The number of nitrogens with two attached hydrogens (primary N) is 1. The van der Waals surface area contributed by atoms with E-state index in [9.17, 15) is 4.79 Å². The van der Waals surface area contributed by atoms with Gasteiger partial charge in [-0.25, -0.2) is 4.79 Å². The normalized spacial score (nSPS) is 12.4. The lowest BCUT2D eigenvalue weighted by Crippen LogP contribution is -2.17. The van der Waals surface area contributed by atoms with Crippen LogP contribution >= 0.6 is 0 Å². The zero-order valence-electron chi connectivity index (χ0n) is 7.80. The van der Waals surface area contributed by atoms with Gasteiger partial charge >= 0.3 is 5.97 Å². The number of methoxy groups -OCH3 is 1. The molecule has 3 N–H and O–H groups in total. The van der Waals surface area contributed by atoms with Crippen LogP contribution in [0, 0.1) is 0 Å². The molecule has 0 aromatic carbocycles. The summed E-state index contributed by atoms with van der Waals surface area (Å²) in [5.41, 5.74) is 6.47. The van der Waals surface area contributed by atoms with Crippen LogP contribution in [-0.2, 0) is 4.74 Å². The highest BCUT2D eigenvalue weighted by Gasteiger charge is 2.08. The van der Waals surface area contributed by atoms with Crippen molar-refractivity contribution in [3.05, 3.63) is 29.6 Å². The molecule has 0 aliphatic rings. The van der Waals surface area contributed by atoms with Gasteiger partial charge < -0.3 is 15.6 Å². The van der Waals surface area contributed by atoms with E-state index in [0.717, 1.165) is 0 Å². The number of aromatic carboxylic acids is 1. The predicted octanol–water partition coefficient (Wildman–Crippen LogP) is 0.426. The van der Waals surface area contributed by atoms with Crippen molar-refractivity contribution in [2.75, 3.05) is 13.7 Å². The van der Waals surface area contributed by atoms with E-state index in [-0.39, 0.29) is 11.6 Å². The third-order valence-corrected chi connectivity index (χ3v) is 1.76. The lowest BCUT2D eigenvalue weighted by molar-refractivity contribution is 0.0696. The molecule has 0 amide bonds. The van der Waals surface area contributed by atoms with Crippen molar-refractivity contribution in [3.8, 4) is 0 Å². The quantitative estimate of drug-likeness (QED) is 0.729. The molecule has 5 nitrogen and oxygen atoms in total. The summed E-state index contributed by atoms with van der Waals surface area (Å²) >= 11 is 0. The summed E-state index contributed by atoms with van der Waals surface area (Å²) in [4.78, 5) is 14.4. The van der Waals surface area contributed by atoms with Crippen molar-refractivity contribution in [2.24, 2.45) is 5.73 Å². The lowest BCUT2D eigenvalue weighted by atomic mass is 10.2. The van der Waals surface area contributed by atoms with Gasteiger partial charge in [0.15, 0.2) is 0 Å². The van der Waals surface area contributed by atoms with Gasteiger partial charge in [0.25, 0.3) is 0 Å². The van der Waals surface area contributed by atoms with E-state index in [1.165, 1.54) is 12.3 Å². The maximum Gasteiger partial charge on any atom is 0.337 e. The first-order valence-corrected chi connectivity index (χ1v) is 4.09. The molecule has 1 unspecified atom stereocenters. The zero-order valence-corrected chi connectivity index (χ0v) is 7.80. The summed E-state index contributed by atoms with van der Waals surface area (Å²) < 4.78 is 4.85. The lowest BCUT2D eigenvalue weighted by Gasteiger charge is -2.09. The molecule has 1 atom stereocenters. The zero-order chi connectivity index (χ0) is 10.6. The van der Waals surface area contributed by atoms with Gasteiger partial charge in [-0.15, -0.1) is 0 Å². The predicted molar refractivity (Wildman–Crippen MR) is 50.0 cm³/mol. The van der Waals surface area contributed by atoms with Crippen molar-refractivity contribution in [1.82, 2.24) is 4.98 Å². The molecule has 0 saturated carbocycles.